The lowest BCUT2D eigenvalue weighted by molar-refractivity contribution is -0.123. The Morgan fingerprint density at radius 2 is 1.12 bits per heavy atom. The molecule has 7 heteroatoms. The number of hydrogen-bond acceptors (Lipinski definition) is 5. The second kappa shape index (κ2) is 15.1. The summed E-state index contributed by atoms with van der Waals surface area (Å²) in [6, 6.07) is 33.8. The van der Waals surface area contributed by atoms with Gasteiger partial charge in [0.2, 0.25) is 5.91 Å². The molecule has 4 aromatic carbocycles. The Bertz CT molecular complexity index is 1380. The molecule has 0 bridgehead atoms. The van der Waals surface area contributed by atoms with Crippen LogP contribution in [0.25, 0.3) is 0 Å². The smallest absolute Gasteiger partial charge is 0.408 e. The molecule has 0 heterocycles. The van der Waals surface area contributed by atoms with Gasteiger partial charge in [-0.1, -0.05) is 97.1 Å². The summed E-state index contributed by atoms with van der Waals surface area (Å²) in [7, 11) is 0. The number of nitrogens with one attached hydrogen (secondary N) is 2. The maximum atomic E-state index is 13.1. The monoisotopic (exact) mass is 552 g/mol. The number of alkyl carbamates (subject to hydrolysis) is 1. The van der Waals surface area contributed by atoms with E-state index in [0.29, 0.717) is 24.7 Å². The minimum Gasteiger partial charge on any atom is -0.485 e. The van der Waals surface area contributed by atoms with E-state index in [4.69, 9.17) is 14.2 Å². The van der Waals surface area contributed by atoms with Crippen LogP contribution in [0.3, 0.4) is 0 Å². The Morgan fingerprint density at radius 1 is 0.610 bits per heavy atom. The quantitative estimate of drug-likeness (QED) is 0.206. The van der Waals surface area contributed by atoms with Crippen molar-refractivity contribution in [2.45, 2.75) is 52.2 Å². The van der Waals surface area contributed by atoms with Gasteiger partial charge in [0.25, 0.3) is 0 Å². The molecule has 0 aromatic heterocycles. The Labute approximate surface area is 241 Å². The van der Waals surface area contributed by atoms with E-state index in [-0.39, 0.29) is 25.0 Å². The first-order chi connectivity index (χ1) is 20.0. The first-order valence-electron chi connectivity index (χ1n) is 13.7. The summed E-state index contributed by atoms with van der Waals surface area (Å²) in [5.41, 5.74) is 3.71. The van der Waals surface area contributed by atoms with Crippen molar-refractivity contribution >= 4 is 12.0 Å². The number of carbonyl (C=O) groups is 2. The van der Waals surface area contributed by atoms with Crippen molar-refractivity contribution in [2.24, 2.45) is 0 Å². The summed E-state index contributed by atoms with van der Waals surface area (Å²) in [6.07, 6.45) is -0.430. The van der Waals surface area contributed by atoms with E-state index >= 15 is 0 Å². The zero-order chi connectivity index (χ0) is 28.9. The zero-order valence-electron chi connectivity index (χ0n) is 23.4. The van der Waals surface area contributed by atoms with Crippen LogP contribution in [-0.2, 0) is 35.8 Å². The van der Waals surface area contributed by atoms with Crippen molar-refractivity contribution in [3.05, 3.63) is 131 Å². The summed E-state index contributed by atoms with van der Waals surface area (Å²) in [4.78, 5) is 25.7. The molecule has 0 aliphatic carbocycles. The van der Waals surface area contributed by atoms with Gasteiger partial charge in [-0.2, -0.15) is 0 Å². The van der Waals surface area contributed by atoms with Gasteiger partial charge in [0, 0.05) is 12.5 Å². The molecule has 0 radical (unpaired) electrons. The Kier molecular flexibility index (Phi) is 10.8. The van der Waals surface area contributed by atoms with Crippen molar-refractivity contribution in [3.8, 4) is 11.5 Å². The Morgan fingerprint density at radius 3 is 1.66 bits per heavy atom. The van der Waals surface area contributed by atoms with E-state index in [1.165, 1.54) is 0 Å². The predicted octanol–water partition coefficient (Wildman–Crippen LogP) is 6.21. The maximum absolute atomic E-state index is 13.1. The van der Waals surface area contributed by atoms with Gasteiger partial charge in [-0.3, -0.25) is 4.79 Å². The van der Waals surface area contributed by atoms with Gasteiger partial charge in [0.1, 0.15) is 25.9 Å². The average Bonchev–Trinajstić information content (AvgIpc) is 2.99. The Balaban J connectivity index is 1.49. The highest BCUT2D eigenvalue weighted by Gasteiger charge is 2.23. The fraction of sp³-hybridized carbons (Fsp3) is 0.235. The lowest BCUT2D eigenvalue weighted by atomic mass is 10.0. The molecule has 0 spiro atoms. The van der Waals surface area contributed by atoms with Crippen LogP contribution in [0.15, 0.2) is 109 Å². The topological polar surface area (TPSA) is 85.9 Å². The van der Waals surface area contributed by atoms with E-state index in [9.17, 15) is 9.59 Å². The molecule has 0 saturated carbocycles. The average molecular weight is 553 g/mol. The standard InChI is InChI=1S/C34H36N2O5/c1-25(2)35-33(37)30(36-34(38)41-24-28-16-10-5-11-17-28)20-29-18-19-31(39-22-26-12-6-3-7-13-26)32(21-29)40-23-27-14-8-4-9-15-27/h3-19,21,25,30H,20,22-24H2,1-2H3,(H,35,37)(H,36,38)/t30-/m0/s1. The molecule has 1 atom stereocenters. The van der Waals surface area contributed by atoms with E-state index in [0.717, 1.165) is 22.3 Å². The minimum absolute atomic E-state index is 0.0920. The minimum atomic E-state index is -0.848. The lowest BCUT2D eigenvalue weighted by Gasteiger charge is -2.21. The Hall–Kier alpha value is -4.78. The third kappa shape index (κ3) is 9.72. The summed E-state index contributed by atoms with van der Waals surface area (Å²) in [6.45, 7) is 4.59. The molecule has 0 unspecified atom stereocenters. The molecular formula is C34H36N2O5. The van der Waals surface area contributed by atoms with Gasteiger partial charge >= 0.3 is 6.09 Å². The molecule has 4 rings (SSSR count). The summed E-state index contributed by atoms with van der Waals surface area (Å²) in [5, 5.41) is 5.62. The van der Waals surface area contributed by atoms with Crippen molar-refractivity contribution in [3.63, 3.8) is 0 Å². The van der Waals surface area contributed by atoms with Crippen molar-refractivity contribution < 1.29 is 23.8 Å². The third-order valence-corrected chi connectivity index (χ3v) is 6.17. The molecule has 212 valence electrons. The second-order valence-corrected chi connectivity index (χ2v) is 9.96. The highest BCUT2D eigenvalue weighted by atomic mass is 16.5. The summed E-state index contributed by atoms with van der Waals surface area (Å²) in [5.74, 6) is 0.844. The van der Waals surface area contributed by atoms with Gasteiger partial charge in [-0.15, -0.1) is 0 Å². The van der Waals surface area contributed by atoms with Crippen LogP contribution < -0.4 is 20.1 Å². The van der Waals surface area contributed by atoms with Crippen LogP contribution in [0.1, 0.15) is 36.1 Å². The van der Waals surface area contributed by atoms with Crippen LogP contribution in [0.2, 0.25) is 0 Å². The van der Waals surface area contributed by atoms with Crippen LogP contribution in [0.4, 0.5) is 4.79 Å². The number of benzene rings is 4. The molecule has 0 fully saturated rings. The zero-order valence-corrected chi connectivity index (χ0v) is 23.4. The maximum Gasteiger partial charge on any atom is 0.408 e. The van der Waals surface area contributed by atoms with Crippen molar-refractivity contribution in [1.29, 1.82) is 0 Å². The fourth-order valence-electron chi connectivity index (χ4n) is 4.12. The van der Waals surface area contributed by atoms with Gasteiger partial charge in [0.15, 0.2) is 11.5 Å². The molecule has 4 aromatic rings. The first-order valence-corrected chi connectivity index (χ1v) is 13.7. The summed E-state index contributed by atoms with van der Waals surface area (Å²) >= 11 is 0. The second-order valence-electron chi connectivity index (χ2n) is 9.96. The van der Waals surface area contributed by atoms with Crippen LogP contribution >= 0.6 is 0 Å². The normalized spacial score (nSPS) is 11.4. The molecule has 0 saturated heterocycles. The number of hydrogen-bond donors (Lipinski definition) is 2. The van der Waals surface area contributed by atoms with Crippen molar-refractivity contribution in [1.82, 2.24) is 10.6 Å². The molecule has 2 amide bonds. The molecule has 0 aliphatic heterocycles. The van der Waals surface area contributed by atoms with Crippen molar-refractivity contribution in [2.75, 3.05) is 0 Å². The SMILES string of the molecule is CC(C)NC(=O)[C@H](Cc1ccc(OCc2ccccc2)c(OCc2ccccc2)c1)NC(=O)OCc1ccccc1. The highest BCUT2D eigenvalue weighted by Crippen LogP contribution is 2.30. The highest BCUT2D eigenvalue weighted by molar-refractivity contribution is 5.86. The molecular weight excluding hydrogens is 516 g/mol. The van der Waals surface area contributed by atoms with Gasteiger partial charge in [0.05, 0.1) is 0 Å². The van der Waals surface area contributed by atoms with E-state index < -0.39 is 12.1 Å². The number of rotatable bonds is 13. The fourth-order valence-corrected chi connectivity index (χ4v) is 4.12. The lowest BCUT2D eigenvalue weighted by Crippen LogP contribution is -2.49. The largest absolute Gasteiger partial charge is 0.485 e. The predicted molar refractivity (Wildman–Crippen MR) is 159 cm³/mol. The van der Waals surface area contributed by atoms with Crippen LogP contribution in [0.5, 0.6) is 11.5 Å². The third-order valence-electron chi connectivity index (χ3n) is 6.17. The molecule has 7 nitrogen and oxygen atoms in total. The first kappa shape index (κ1) is 29.2. The van der Waals surface area contributed by atoms with Gasteiger partial charge < -0.3 is 24.8 Å². The molecule has 2 N–H and O–H groups in total. The van der Waals surface area contributed by atoms with E-state index in [2.05, 4.69) is 10.6 Å². The molecule has 0 aliphatic rings. The molecule has 41 heavy (non-hydrogen) atoms. The number of ether oxygens (including phenoxy) is 3. The van der Waals surface area contributed by atoms with E-state index in [1.54, 1.807) is 0 Å². The van der Waals surface area contributed by atoms with Gasteiger partial charge in [-0.25, -0.2) is 4.79 Å². The van der Waals surface area contributed by atoms with Gasteiger partial charge in [-0.05, 0) is 48.2 Å². The number of amides is 2. The van der Waals surface area contributed by atoms with Crippen LogP contribution in [-0.4, -0.2) is 24.1 Å². The number of carbonyl (C=O) groups excluding carboxylic acids is 2. The van der Waals surface area contributed by atoms with Crippen LogP contribution in [0, 0.1) is 0 Å². The summed E-state index contributed by atoms with van der Waals surface area (Å²) < 4.78 is 17.7. The van der Waals surface area contributed by atoms with E-state index in [1.807, 2.05) is 123 Å².